The van der Waals surface area contributed by atoms with Crippen molar-refractivity contribution in [3.8, 4) is 0 Å². The molecular formula is C9H10BrF2NO3S. The van der Waals surface area contributed by atoms with Gasteiger partial charge in [0.25, 0.3) is 0 Å². The van der Waals surface area contributed by atoms with E-state index in [-0.39, 0.29) is 4.47 Å². The molecule has 0 spiro atoms. The first-order valence-corrected chi connectivity index (χ1v) is 6.83. The number of benzene rings is 1. The fraction of sp³-hybridized carbons (Fsp3) is 0.333. The number of halogens is 3. The molecule has 8 heteroatoms. The van der Waals surface area contributed by atoms with Crippen molar-refractivity contribution in [2.75, 3.05) is 6.61 Å². The molecule has 0 saturated carbocycles. The Bertz CT molecular complexity index is 498. The molecule has 0 fully saturated rings. The lowest BCUT2D eigenvalue weighted by molar-refractivity contribution is 0.265. The summed E-state index contributed by atoms with van der Waals surface area (Å²) in [4.78, 5) is -0.681. The van der Waals surface area contributed by atoms with Crippen LogP contribution >= 0.6 is 15.9 Å². The fourth-order valence-electron chi connectivity index (χ4n) is 1.15. The molecule has 0 aliphatic rings. The molecule has 0 radical (unpaired) electrons. The predicted molar refractivity (Wildman–Crippen MR) is 60.9 cm³/mol. The second-order valence-corrected chi connectivity index (χ2v) is 5.91. The molecule has 1 aromatic carbocycles. The third-order valence-electron chi connectivity index (χ3n) is 1.86. The van der Waals surface area contributed by atoms with Crippen molar-refractivity contribution in [1.29, 1.82) is 0 Å². The van der Waals surface area contributed by atoms with Crippen LogP contribution in [-0.2, 0) is 10.0 Å². The highest BCUT2D eigenvalue weighted by Gasteiger charge is 2.24. The van der Waals surface area contributed by atoms with E-state index in [2.05, 4.69) is 20.7 Å². The van der Waals surface area contributed by atoms with E-state index in [1.54, 1.807) is 0 Å². The van der Waals surface area contributed by atoms with Gasteiger partial charge in [-0.1, -0.05) is 0 Å². The molecular weight excluding hydrogens is 320 g/mol. The standard InChI is InChI=1S/C9H10BrF2NO3S/c1-5(4-14)13-17(15,16)9-7(10)2-6(11)3-8(9)12/h2-3,5,13-14H,4H2,1H3/t5-/m1/s1. The predicted octanol–water partition coefficient (Wildman–Crippen LogP) is 1.39. The number of nitrogens with one attached hydrogen (secondary N) is 1. The molecule has 0 bridgehead atoms. The van der Waals surface area contributed by atoms with Crippen LogP contribution in [-0.4, -0.2) is 26.2 Å². The summed E-state index contributed by atoms with van der Waals surface area (Å²) in [7, 11) is -4.15. The van der Waals surface area contributed by atoms with Gasteiger partial charge in [0, 0.05) is 16.6 Å². The number of rotatable bonds is 4. The Morgan fingerprint density at radius 2 is 2.06 bits per heavy atom. The van der Waals surface area contributed by atoms with Crippen molar-refractivity contribution >= 4 is 26.0 Å². The molecule has 0 unspecified atom stereocenters. The highest BCUT2D eigenvalue weighted by molar-refractivity contribution is 9.10. The smallest absolute Gasteiger partial charge is 0.244 e. The Kier molecular flexibility index (Phi) is 4.59. The molecule has 17 heavy (non-hydrogen) atoms. The van der Waals surface area contributed by atoms with Gasteiger partial charge in [0.15, 0.2) is 0 Å². The molecule has 1 rings (SSSR count). The van der Waals surface area contributed by atoms with Gasteiger partial charge in [0.05, 0.1) is 6.61 Å². The van der Waals surface area contributed by atoms with E-state index >= 15 is 0 Å². The van der Waals surface area contributed by atoms with Crippen LogP contribution in [0, 0.1) is 11.6 Å². The van der Waals surface area contributed by atoms with Crippen LogP contribution in [0.2, 0.25) is 0 Å². The maximum atomic E-state index is 13.4. The van der Waals surface area contributed by atoms with Gasteiger partial charge in [-0.15, -0.1) is 0 Å². The highest BCUT2D eigenvalue weighted by atomic mass is 79.9. The minimum absolute atomic E-state index is 0.215. The van der Waals surface area contributed by atoms with Crippen LogP contribution in [0.3, 0.4) is 0 Å². The first-order valence-electron chi connectivity index (χ1n) is 4.55. The Hall–Kier alpha value is -0.570. The Morgan fingerprint density at radius 1 is 1.47 bits per heavy atom. The third-order valence-corrected chi connectivity index (χ3v) is 4.41. The minimum atomic E-state index is -4.15. The molecule has 0 aromatic heterocycles. The number of aliphatic hydroxyl groups excluding tert-OH is 1. The molecule has 4 nitrogen and oxygen atoms in total. The van der Waals surface area contributed by atoms with E-state index < -0.39 is 39.2 Å². The molecule has 0 saturated heterocycles. The second-order valence-electron chi connectivity index (χ2n) is 3.40. The molecule has 0 heterocycles. The van der Waals surface area contributed by atoms with Crippen molar-refractivity contribution in [2.24, 2.45) is 0 Å². The monoisotopic (exact) mass is 329 g/mol. The molecule has 2 N–H and O–H groups in total. The first-order chi connectivity index (χ1) is 7.77. The normalized spacial score (nSPS) is 13.7. The maximum Gasteiger partial charge on any atom is 0.244 e. The molecule has 0 aliphatic heterocycles. The summed E-state index contributed by atoms with van der Waals surface area (Å²) >= 11 is 2.78. The Labute approximate surface area is 106 Å². The lowest BCUT2D eigenvalue weighted by Gasteiger charge is -2.13. The Balaban J connectivity index is 3.25. The number of sulfonamides is 1. The van der Waals surface area contributed by atoms with E-state index in [9.17, 15) is 17.2 Å². The largest absolute Gasteiger partial charge is 0.395 e. The van der Waals surface area contributed by atoms with Gasteiger partial charge in [-0.2, -0.15) is 0 Å². The summed E-state index contributed by atoms with van der Waals surface area (Å²) in [5, 5.41) is 8.74. The lowest BCUT2D eigenvalue weighted by atomic mass is 10.3. The van der Waals surface area contributed by atoms with Crippen molar-refractivity contribution in [3.05, 3.63) is 28.2 Å². The van der Waals surface area contributed by atoms with Gasteiger partial charge in [-0.25, -0.2) is 21.9 Å². The maximum absolute atomic E-state index is 13.4. The summed E-state index contributed by atoms with van der Waals surface area (Å²) in [6.07, 6.45) is 0. The van der Waals surface area contributed by atoms with Crippen LogP contribution < -0.4 is 4.72 Å². The van der Waals surface area contributed by atoms with Gasteiger partial charge < -0.3 is 5.11 Å². The van der Waals surface area contributed by atoms with Crippen molar-refractivity contribution in [3.63, 3.8) is 0 Å². The average Bonchev–Trinajstić information content (AvgIpc) is 2.14. The molecule has 0 amide bonds. The van der Waals surface area contributed by atoms with Gasteiger partial charge in [0.2, 0.25) is 10.0 Å². The van der Waals surface area contributed by atoms with E-state index in [4.69, 9.17) is 5.11 Å². The third kappa shape index (κ3) is 3.44. The fourth-order valence-corrected chi connectivity index (χ4v) is 3.55. The van der Waals surface area contributed by atoms with E-state index in [1.807, 2.05) is 0 Å². The average molecular weight is 330 g/mol. The zero-order chi connectivity index (χ0) is 13.2. The number of hydrogen-bond acceptors (Lipinski definition) is 3. The molecule has 1 atom stereocenters. The number of aliphatic hydroxyl groups is 1. The summed E-state index contributed by atoms with van der Waals surface area (Å²) in [6.45, 7) is 0.979. The Morgan fingerprint density at radius 3 is 2.53 bits per heavy atom. The van der Waals surface area contributed by atoms with Crippen molar-refractivity contribution < 1.29 is 22.3 Å². The first kappa shape index (κ1) is 14.5. The van der Waals surface area contributed by atoms with Crippen LogP contribution in [0.1, 0.15) is 6.92 Å². The molecule has 0 aliphatic carbocycles. The summed E-state index contributed by atoms with van der Waals surface area (Å²) in [5.74, 6) is -2.09. The van der Waals surface area contributed by atoms with Gasteiger partial charge in [0.1, 0.15) is 16.5 Å². The van der Waals surface area contributed by atoms with Crippen LogP contribution in [0.15, 0.2) is 21.5 Å². The molecule has 96 valence electrons. The topological polar surface area (TPSA) is 66.4 Å². The van der Waals surface area contributed by atoms with E-state index in [0.29, 0.717) is 6.07 Å². The second kappa shape index (κ2) is 5.38. The molecule has 1 aromatic rings. The van der Waals surface area contributed by atoms with Crippen molar-refractivity contribution in [2.45, 2.75) is 17.9 Å². The number of hydrogen-bond donors (Lipinski definition) is 2. The summed E-state index contributed by atoms with van der Waals surface area (Å²) < 4.78 is 51.5. The van der Waals surface area contributed by atoms with Crippen LogP contribution in [0.25, 0.3) is 0 Å². The quantitative estimate of drug-likeness (QED) is 0.877. The minimum Gasteiger partial charge on any atom is -0.395 e. The van der Waals surface area contributed by atoms with E-state index in [0.717, 1.165) is 6.07 Å². The summed E-state index contributed by atoms with van der Waals surface area (Å²) in [5.41, 5.74) is 0. The lowest BCUT2D eigenvalue weighted by Crippen LogP contribution is -2.35. The van der Waals surface area contributed by atoms with Crippen LogP contribution in [0.5, 0.6) is 0 Å². The SMILES string of the molecule is C[C@H](CO)NS(=O)(=O)c1c(F)cc(F)cc1Br. The van der Waals surface area contributed by atoms with Gasteiger partial charge >= 0.3 is 0 Å². The van der Waals surface area contributed by atoms with Crippen LogP contribution in [0.4, 0.5) is 8.78 Å². The zero-order valence-electron chi connectivity index (χ0n) is 8.75. The highest BCUT2D eigenvalue weighted by Crippen LogP contribution is 2.26. The van der Waals surface area contributed by atoms with Gasteiger partial charge in [-0.3, -0.25) is 0 Å². The zero-order valence-corrected chi connectivity index (χ0v) is 11.1. The van der Waals surface area contributed by atoms with Crippen molar-refractivity contribution in [1.82, 2.24) is 4.72 Å². The summed E-state index contributed by atoms with van der Waals surface area (Å²) in [6, 6.07) is 0.556. The van der Waals surface area contributed by atoms with Gasteiger partial charge in [-0.05, 0) is 28.9 Å². The van der Waals surface area contributed by atoms with E-state index in [1.165, 1.54) is 6.92 Å².